The van der Waals surface area contributed by atoms with Crippen LogP contribution in [0.3, 0.4) is 0 Å². The van der Waals surface area contributed by atoms with E-state index in [1.165, 1.54) is 11.3 Å². The van der Waals surface area contributed by atoms with Gasteiger partial charge >= 0.3 is 0 Å². The fraction of sp³-hybridized carbons (Fsp3) is 0.812. The maximum absolute atomic E-state index is 5.69. The molecule has 120 valence electrons. The van der Waals surface area contributed by atoms with Gasteiger partial charge in [-0.1, -0.05) is 6.92 Å². The minimum Gasteiger partial charge on any atom is -0.377 e. The highest BCUT2D eigenvalue weighted by molar-refractivity contribution is 7.15. The highest BCUT2D eigenvalue weighted by atomic mass is 32.1. The van der Waals surface area contributed by atoms with Crippen molar-refractivity contribution in [2.75, 3.05) is 31.6 Å². The molecular formula is C16H29N3OS. The van der Waals surface area contributed by atoms with Gasteiger partial charge in [0, 0.05) is 31.1 Å². The SMILES string of the molecule is CCCNC(C)c1sc(N2CCCC(C)(OC)C2)nc1C. The van der Waals surface area contributed by atoms with Gasteiger partial charge in [-0.15, -0.1) is 11.3 Å². The van der Waals surface area contributed by atoms with E-state index in [1.54, 1.807) is 0 Å². The summed E-state index contributed by atoms with van der Waals surface area (Å²) in [5.41, 5.74) is 1.13. The van der Waals surface area contributed by atoms with Crippen LogP contribution in [-0.2, 0) is 4.74 Å². The third kappa shape index (κ3) is 3.96. The molecule has 1 aliphatic heterocycles. The van der Waals surface area contributed by atoms with Crippen molar-refractivity contribution < 1.29 is 4.74 Å². The largest absolute Gasteiger partial charge is 0.377 e. The predicted molar refractivity (Wildman–Crippen MR) is 90.4 cm³/mol. The average molecular weight is 311 g/mol. The van der Waals surface area contributed by atoms with E-state index in [2.05, 4.69) is 37.9 Å². The van der Waals surface area contributed by atoms with Crippen LogP contribution in [0.5, 0.6) is 0 Å². The van der Waals surface area contributed by atoms with Crippen molar-refractivity contribution >= 4 is 16.5 Å². The van der Waals surface area contributed by atoms with Gasteiger partial charge in [0.25, 0.3) is 0 Å². The number of aryl methyl sites for hydroxylation is 1. The molecule has 1 fully saturated rings. The monoisotopic (exact) mass is 311 g/mol. The van der Waals surface area contributed by atoms with Gasteiger partial charge in [0.05, 0.1) is 11.3 Å². The zero-order valence-electron chi connectivity index (χ0n) is 14.0. The molecule has 2 atom stereocenters. The maximum atomic E-state index is 5.69. The predicted octanol–water partition coefficient (Wildman–Crippen LogP) is 3.52. The lowest BCUT2D eigenvalue weighted by Crippen LogP contribution is -2.47. The second-order valence-corrected chi connectivity index (χ2v) is 7.31. The van der Waals surface area contributed by atoms with Crippen LogP contribution in [0.2, 0.25) is 0 Å². The van der Waals surface area contributed by atoms with Crippen LogP contribution in [0.25, 0.3) is 0 Å². The molecule has 0 aliphatic carbocycles. The topological polar surface area (TPSA) is 37.4 Å². The van der Waals surface area contributed by atoms with Crippen molar-refractivity contribution in [3.63, 3.8) is 0 Å². The van der Waals surface area contributed by atoms with Crippen LogP contribution in [0.15, 0.2) is 0 Å². The van der Waals surface area contributed by atoms with E-state index in [4.69, 9.17) is 9.72 Å². The van der Waals surface area contributed by atoms with Gasteiger partial charge in [0.15, 0.2) is 5.13 Å². The fourth-order valence-electron chi connectivity index (χ4n) is 2.92. The lowest BCUT2D eigenvalue weighted by molar-refractivity contribution is -0.00466. The molecule has 0 aromatic carbocycles. The van der Waals surface area contributed by atoms with Crippen LogP contribution in [0.4, 0.5) is 5.13 Å². The zero-order chi connectivity index (χ0) is 15.5. The standard InChI is InChI=1S/C16H29N3OS/c1-6-9-17-12(2)14-13(3)18-15(21-14)19-10-7-8-16(4,11-19)20-5/h12,17H,6-11H2,1-5H3. The first-order valence-electron chi connectivity index (χ1n) is 8.00. The zero-order valence-corrected chi connectivity index (χ0v) is 14.8. The highest BCUT2D eigenvalue weighted by Crippen LogP contribution is 2.34. The molecule has 1 aliphatic rings. The first-order valence-corrected chi connectivity index (χ1v) is 8.81. The lowest BCUT2D eigenvalue weighted by Gasteiger charge is -2.39. The molecule has 2 rings (SSSR count). The van der Waals surface area contributed by atoms with Crippen molar-refractivity contribution in [3.05, 3.63) is 10.6 Å². The quantitative estimate of drug-likeness (QED) is 0.872. The highest BCUT2D eigenvalue weighted by Gasteiger charge is 2.32. The van der Waals surface area contributed by atoms with Gasteiger partial charge in [0.1, 0.15) is 0 Å². The molecule has 1 aromatic heterocycles. The number of methoxy groups -OCH3 is 1. The van der Waals surface area contributed by atoms with E-state index in [1.807, 2.05) is 18.4 Å². The van der Waals surface area contributed by atoms with Crippen LogP contribution in [-0.4, -0.2) is 37.3 Å². The number of piperidine rings is 1. The Bertz CT molecular complexity index is 462. The third-order valence-electron chi connectivity index (χ3n) is 4.34. The van der Waals surface area contributed by atoms with E-state index in [0.717, 1.165) is 43.3 Å². The summed E-state index contributed by atoms with van der Waals surface area (Å²) in [5.74, 6) is 0. The number of hydrogen-bond donors (Lipinski definition) is 1. The molecule has 5 heteroatoms. The Kier molecular flexibility index (Phi) is 5.63. The Labute approximate surface area is 132 Å². The molecule has 4 nitrogen and oxygen atoms in total. The van der Waals surface area contributed by atoms with Gasteiger partial charge in [0.2, 0.25) is 0 Å². The summed E-state index contributed by atoms with van der Waals surface area (Å²) in [4.78, 5) is 8.57. The molecule has 2 unspecified atom stereocenters. The number of hydrogen-bond acceptors (Lipinski definition) is 5. The summed E-state index contributed by atoms with van der Waals surface area (Å²) in [6.07, 6.45) is 3.46. The van der Waals surface area contributed by atoms with E-state index in [-0.39, 0.29) is 5.60 Å². The molecule has 0 bridgehead atoms. The number of nitrogens with zero attached hydrogens (tertiary/aromatic N) is 2. The van der Waals surface area contributed by atoms with Gasteiger partial charge in [-0.05, 0) is 46.6 Å². The van der Waals surface area contributed by atoms with Crippen LogP contribution >= 0.6 is 11.3 Å². The number of rotatable bonds is 6. The van der Waals surface area contributed by atoms with E-state index in [9.17, 15) is 0 Å². The van der Waals surface area contributed by atoms with Crippen LogP contribution < -0.4 is 10.2 Å². The molecule has 1 N–H and O–H groups in total. The van der Waals surface area contributed by atoms with Gasteiger partial charge < -0.3 is 15.0 Å². The molecule has 1 saturated heterocycles. The summed E-state index contributed by atoms with van der Waals surface area (Å²) < 4.78 is 5.69. The van der Waals surface area contributed by atoms with Crippen molar-refractivity contribution in [2.45, 2.75) is 58.6 Å². The number of nitrogens with one attached hydrogen (secondary N) is 1. The van der Waals surface area contributed by atoms with Crippen molar-refractivity contribution in [1.29, 1.82) is 0 Å². The number of anilines is 1. The van der Waals surface area contributed by atoms with E-state index >= 15 is 0 Å². The lowest BCUT2D eigenvalue weighted by atomic mass is 9.95. The Balaban J connectivity index is 2.10. The van der Waals surface area contributed by atoms with E-state index in [0.29, 0.717) is 6.04 Å². The summed E-state index contributed by atoms with van der Waals surface area (Å²) in [5, 5.41) is 4.71. The molecular weight excluding hydrogens is 282 g/mol. The van der Waals surface area contributed by atoms with Gasteiger partial charge in [-0.2, -0.15) is 0 Å². The Morgan fingerprint density at radius 3 is 2.95 bits per heavy atom. The second kappa shape index (κ2) is 7.07. The minimum atomic E-state index is -0.0376. The number of aromatic nitrogens is 1. The number of thiazole rings is 1. The smallest absolute Gasteiger partial charge is 0.185 e. The third-order valence-corrected chi connectivity index (χ3v) is 5.74. The fourth-order valence-corrected chi connectivity index (χ4v) is 4.04. The first-order chi connectivity index (χ1) is 9.99. The Morgan fingerprint density at radius 1 is 1.52 bits per heavy atom. The molecule has 0 radical (unpaired) electrons. The maximum Gasteiger partial charge on any atom is 0.185 e. The molecule has 1 aromatic rings. The molecule has 0 amide bonds. The first kappa shape index (κ1) is 16.7. The van der Waals surface area contributed by atoms with Crippen molar-refractivity contribution in [2.24, 2.45) is 0 Å². The van der Waals surface area contributed by atoms with Gasteiger partial charge in [-0.25, -0.2) is 4.98 Å². The molecule has 2 heterocycles. The summed E-state index contributed by atoms with van der Waals surface area (Å²) in [7, 11) is 1.82. The summed E-state index contributed by atoms with van der Waals surface area (Å²) in [6.45, 7) is 11.8. The van der Waals surface area contributed by atoms with Crippen LogP contribution in [0, 0.1) is 6.92 Å². The average Bonchev–Trinajstić information content (AvgIpc) is 2.87. The van der Waals surface area contributed by atoms with Crippen molar-refractivity contribution in [1.82, 2.24) is 10.3 Å². The second-order valence-electron chi connectivity index (χ2n) is 6.30. The van der Waals surface area contributed by atoms with Gasteiger partial charge in [-0.3, -0.25) is 0 Å². The summed E-state index contributed by atoms with van der Waals surface area (Å²) in [6, 6.07) is 0.384. The van der Waals surface area contributed by atoms with Crippen molar-refractivity contribution in [3.8, 4) is 0 Å². The Hall–Kier alpha value is -0.650. The molecule has 0 spiro atoms. The van der Waals surface area contributed by atoms with E-state index < -0.39 is 0 Å². The molecule has 21 heavy (non-hydrogen) atoms. The van der Waals surface area contributed by atoms with Crippen LogP contribution in [0.1, 0.15) is 56.6 Å². The summed E-state index contributed by atoms with van der Waals surface area (Å²) >= 11 is 1.83. The normalized spacial score (nSPS) is 24.3. The Morgan fingerprint density at radius 2 is 2.29 bits per heavy atom. The number of ether oxygens (including phenoxy) is 1. The minimum absolute atomic E-state index is 0.0376. The molecule has 0 saturated carbocycles.